The smallest absolute Gasteiger partial charge is 0.241 e. The van der Waals surface area contributed by atoms with Gasteiger partial charge >= 0.3 is 0 Å². The fourth-order valence-electron chi connectivity index (χ4n) is 3.34. The molecule has 3 aromatic carbocycles. The standard InChI is InChI=1S/C26H22N2O4/c1-18-6-4-8-20(25(18)30-15-14-27)17-31-21-9-5-10-22(16-21)32-26(29)24-13-12-19-7-2-3-11-23(19)28-24/h2-13,16,26,29H,15,17H2,1H3. The van der Waals surface area contributed by atoms with E-state index in [1.54, 1.807) is 30.3 Å². The highest BCUT2D eigenvalue weighted by molar-refractivity contribution is 5.78. The minimum Gasteiger partial charge on any atom is -0.489 e. The molecule has 4 rings (SSSR count). The van der Waals surface area contributed by atoms with Gasteiger partial charge in [0.1, 0.15) is 35.6 Å². The second-order valence-corrected chi connectivity index (χ2v) is 7.17. The molecule has 0 radical (unpaired) electrons. The lowest BCUT2D eigenvalue weighted by molar-refractivity contribution is -0.0227. The highest BCUT2D eigenvalue weighted by atomic mass is 16.6. The summed E-state index contributed by atoms with van der Waals surface area (Å²) in [5.41, 5.74) is 2.99. The Labute approximate surface area is 186 Å². The predicted molar refractivity (Wildman–Crippen MR) is 120 cm³/mol. The Morgan fingerprint density at radius 2 is 1.75 bits per heavy atom. The van der Waals surface area contributed by atoms with Crippen LogP contribution in [0.25, 0.3) is 10.9 Å². The minimum absolute atomic E-state index is 0.0259. The molecule has 0 spiro atoms. The molecular formula is C26H22N2O4. The van der Waals surface area contributed by atoms with E-state index in [0.29, 0.717) is 22.9 Å². The molecule has 1 N–H and O–H groups in total. The van der Waals surface area contributed by atoms with Crippen molar-refractivity contribution in [1.82, 2.24) is 4.98 Å². The largest absolute Gasteiger partial charge is 0.489 e. The second kappa shape index (κ2) is 9.82. The molecule has 0 aliphatic carbocycles. The third-order valence-corrected chi connectivity index (χ3v) is 4.90. The number of pyridine rings is 1. The average Bonchev–Trinajstić information content (AvgIpc) is 2.82. The Hall–Kier alpha value is -4.08. The fraction of sp³-hybridized carbons (Fsp3) is 0.154. The maximum absolute atomic E-state index is 10.5. The SMILES string of the molecule is Cc1cccc(COc2cccc(OC(O)c3ccc4ccccc4n3)c2)c1OCC#N. The second-order valence-electron chi connectivity index (χ2n) is 7.17. The Morgan fingerprint density at radius 1 is 0.938 bits per heavy atom. The van der Waals surface area contributed by atoms with Crippen molar-refractivity contribution < 1.29 is 19.3 Å². The molecule has 160 valence electrons. The number of rotatable bonds is 8. The summed E-state index contributed by atoms with van der Waals surface area (Å²) < 4.78 is 17.2. The van der Waals surface area contributed by atoms with E-state index >= 15 is 0 Å². The highest BCUT2D eigenvalue weighted by Crippen LogP contribution is 2.28. The van der Waals surface area contributed by atoms with Crippen molar-refractivity contribution in [2.45, 2.75) is 19.8 Å². The van der Waals surface area contributed by atoms with Gasteiger partial charge in [-0.05, 0) is 36.8 Å². The number of fused-ring (bicyclic) bond motifs is 1. The Kier molecular flexibility index (Phi) is 6.49. The van der Waals surface area contributed by atoms with Crippen LogP contribution in [0.2, 0.25) is 0 Å². The summed E-state index contributed by atoms with van der Waals surface area (Å²) in [7, 11) is 0. The first-order valence-corrected chi connectivity index (χ1v) is 10.2. The number of benzene rings is 3. The monoisotopic (exact) mass is 426 g/mol. The van der Waals surface area contributed by atoms with Crippen LogP contribution < -0.4 is 14.2 Å². The van der Waals surface area contributed by atoms with Gasteiger partial charge in [0, 0.05) is 17.0 Å². The molecule has 1 atom stereocenters. The summed E-state index contributed by atoms with van der Waals surface area (Å²) in [6, 6.07) is 26.1. The van der Waals surface area contributed by atoms with Crippen molar-refractivity contribution in [2.75, 3.05) is 6.61 Å². The van der Waals surface area contributed by atoms with Gasteiger partial charge < -0.3 is 19.3 Å². The van der Waals surface area contributed by atoms with Crippen LogP contribution in [0.3, 0.4) is 0 Å². The highest BCUT2D eigenvalue weighted by Gasteiger charge is 2.13. The molecule has 1 heterocycles. The summed E-state index contributed by atoms with van der Waals surface area (Å²) in [6.45, 7) is 2.16. The Balaban J connectivity index is 1.45. The van der Waals surface area contributed by atoms with Crippen molar-refractivity contribution in [1.29, 1.82) is 5.26 Å². The zero-order valence-electron chi connectivity index (χ0n) is 17.6. The number of aliphatic hydroxyl groups is 1. The number of para-hydroxylation sites is 2. The molecule has 0 bridgehead atoms. The van der Waals surface area contributed by atoms with Gasteiger partial charge in [-0.3, -0.25) is 0 Å². The fourth-order valence-corrected chi connectivity index (χ4v) is 3.34. The molecule has 0 saturated heterocycles. The van der Waals surface area contributed by atoms with Crippen LogP contribution in [0.1, 0.15) is 23.1 Å². The summed E-state index contributed by atoms with van der Waals surface area (Å²) in [4.78, 5) is 4.47. The molecule has 6 heteroatoms. The van der Waals surface area contributed by atoms with E-state index < -0.39 is 6.29 Å². The molecule has 0 aliphatic rings. The quantitative estimate of drug-likeness (QED) is 0.395. The molecule has 4 aromatic rings. The number of ether oxygens (including phenoxy) is 3. The van der Waals surface area contributed by atoms with Crippen LogP contribution in [0.4, 0.5) is 0 Å². The molecule has 1 aromatic heterocycles. The van der Waals surface area contributed by atoms with E-state index in [-0.39, 0.29) is 13.2 Å². The van der Waals surface area contributed by atoms with Crippen LogP contribution in [0.15, 0.2) is 78.9 Å². The van der Waals surface area contributed by atoms with Crippen molar-refractivity contribution in [3.8, 4) is 23.3 Å². The number of aromatic nitrogens is 1. The van der Waals surface area contributed by atoms with Gasteiger partial charge in [-0.2, -0.15) is 5.26 Å². The minimum atomic E-state index is -1.21. The summed E-state index contributed by atoms with van der Waals surface area (Å²) in [6.07, 6.45) is -1.21. The van der Waals surface area contributed by atoms with Gasteiger partial charge in [0.05, 0.1) is 5.52 Å². The summed E-state index contributed by atoms with van der Waals surface area (Å²) in [5.74, 6) is 1.68. The molecule has 32 heavy (non-hydrogen) atoms. The third-order valence-electron chi connectivity index (χ3n) is 4.90. The van der Waals surface area contributed by atoms with Gasteiger partial charge in [-0.25, -0.2) is 4.98 Å². The van der Waals surface area contributed by atoms with Crippen LogP contribution in [0.5, 0.6) is 17.2 Å². The summed E-state index contributed by atoms with van der Waals surface area (Å²) in [5, 5.41) is 20.3. The van der Waals surface area contributed by atoms with Gasteiger partial charge in [0.25, 0.3) is 0 Å². The topological polar surface area (TPSA) is 84.6 Å². The molecular weight excluding hydrogens is 404 g/mol. The van der Waals surface area contributed by atoms with Crippen molar-refractivity contribution in [2.24, 2.45) is 0 Å². The van der Waals surface area contributed by atoms with Crippen LogP contribution in [0, 0.1) is 18.3 Å². The first kappa shape index (κ1) is 21.2. The zero-order valence-corrected chi connectivity index (χ0v) is 17.6. The molecule has 1 unspecified atom stereocenters. The first-order chi connectivity index (χ1) is 15.6. The van der Waals surface area contributed by atoms with E-state index in [4.69, 9.17) is 19.5 Å². The molecule has 0 fully saturated rings. The van der Waals surface area contributed by atoms with Crippen molar-refractivity contribution in [3.05, 3.63) is 95.7 Å². The number of nitriles is 1. The van der Waals surface area contributed by atoms with Gasteiger partial charge in [0.2, 0.25) is 6.29 Å². The number of nitrogens with zero attached hydrogens (tertiary/aromatic N) is 2. The lowest BCUT2D eigenvalue weighted by Crippen LogP contribution is -2.08. The number of aliphatic hydroxyl groups excluding tert-OH is 1. The molecule has 0 amide bonds. The van der Waals surface area contributed by atoms with Crippen LogP contribution in [-0.2, 0) is 6.61 Å². The Bertz CT molecular complexity index is 1270. The van der Waals surface area contributed by atoms with Gasteiger partial charge in [0.15, 0.2) is 6.61 Å². The Morgan fingerprint density at radius 3 is 2.62 bits per heavy atom. The van der Waals surface area contributed by atoms with E-state index in [1.807, 2.05) is 61.5 Å². The van der Waals surface area contributed by atoms with E-state index in [1.165, 1.54) is 0 Å². The zero-order chi connectivity index (χ0) is 22.3. The van der Waals surface area contributed by atoms with Gasteiger partial charge in [-0.1, -0.05) is 48.5 Å². The first-order valence-electron chi connectivity index (χ1n) is 10.2. The number of hydrogen-bond donors (Lipinski definition) is 1. The van der Waals surface area contributed by atoms with E-state index in [9.17, 15) is 5.11 Å². The normalized spacial score (nSPS) is 11.5. The number of aryl methyl sites for hydroxylation is 1. The number of hydrogen-bond acceptors (Lipinski definition) is 6. The lowest BCUT2D eigenvalue weighted by Gasteiger charge is -2.15. The van der Waals surface area contributed by atoms with Gasteiger partial charge in [-0.15, -0.1) is 0 Å². The summed E-state index contributed by atoms with van der Waals surface area (Å²) >= 11 is 0. The predicted octanol–water partition coefficient (Wildman–Crippen LogP) is 5.09. The molecule has 6 nitrogen and oxygen atoms in total. The molecule has 0 saturated carbocycles. The van der Waals surface area contributed by atoms with Crippen molar-refractivity contribution in [3.63, 3.8) is 0 Å². The van der Waals surface area contributed by atoms with Crippen LogP contribution >= 0.6 is 0 Å². The maximum Gasteiger partial charge on any atom is 0.241 e. The molecule has 0 aliphatic heterocycles. The van der Waals surface area contributed by atoms with E-state index in [2.05, 4.69) is 4.98 Å². The lowest BCUT2D eigenvalue weighted by atomic mass is 10.1. The third kappa shape index (κ3) is 4.97. The van der Waals surface area contributed by atoms with E-state index in [0.717, 1.165) is 22.0 Å². The van der Waals surface area contributed by atoms with Crippen molar-refractivity contribution >= 4 is 10.9 Å². The average molecular weight is 426 g/mol. The van der Waals surface area contributed by atoms with Crippen LogP contribution in [-0.4, -0.2) is 16.7 Å². The maximum atomic E-state index is 10.5.